The number of rotatable bonds is 3. The maximum absolute atomic E-state index is 13.2. The monoisotopic (exact) mass is 251 g/mol. The number of hydrogen-bond acceptors (Lipinski definition) is 3. The second-order valence-electron chi connectivity index (χ2n) is 3.58. The minimum absolute atomic E-state index is 0.0687. The molecule has 0 unspecified atom stereocenters. The van der Waals surface area contributed by atoms with Gasteiger partial charge in [-0.15, -0.1) is 0 Å². The minimum Gasteiger partial charge on any atom is -0.497 e. The molecule has 18 heavy (non-hydrogen) atoms. The van der Waals surface area contributed by atoms with Crippen LogP contribution in [-0.4, -0.2) is 7.11 Å². The molecule has 2 N–H and O–H groups in total. The number of methoxy groups -OCH3 is 1. The van der Waals surface area contributed by atoms with Gasteiger partial charge in [-0.3, -0.25) is 0 Å². The molecule has 5 heteroatoms. The van der Waals surface area contributed by atoms with Crippen LogP contribution in [0.15, 0.2) is 36.4 Å². The second-order valence-corrected chi connectivity index (χ2v) is 3.58. The van der Waals surface area contributed by atoms with Crippen LogP contribution in [0.1, 0.15) is 0 Å². The Bertz CT molecular complexity index is 573. The summed E-state index contributed by atoms with van der Waals surface area (Å²) in [6, 6.07) is 8.36. The lowest BCUT2D eigenvalue weighted by Gasteiger charge is -2.10. The van der Waals surface area contributed by atoms with Gasteiger partial charge in [0.15, 0.2) is 11.6 Å². The molecule has 2 rings (SSSR count). The molecule has 0 bridgehead atoms. The highest BCUT2D eigenvalue weighted by Gasteiger charge is 2.10. The Kier molecular flexibility index (Phi) is 3.32. The van der Waals surface area contributed by atoms with Crippen LogP contribution in [0.4, 0.5) is 14.5 Å². The minimum atomic E-state index is -0.854. The van der Waals surface area contributed by atoms with Gasteiger partial charge in [-0.2, -0.15) is 0 Å². The van der Waals surface area contributed by atoms with Crippen LogP contribution < -0.4 is 15.2 Å². The third-order valence-corrected chi connectivity index (χ3v) is 2.33. The number of halogens is 2. The molecule has 0 atom stereocenters. The molecule has 2 aromatic rings. The average Bonchev–Trinajstić information content (AvgIpc) is 2.35. The van der Waals surface area contributed by atoms with Gasteiger partial charge in [0.2, 0.25) is 0 Å². The van der Waals surface area contributed by atoms with Crippen LogP contribution in [0.5, 0.6) is 17.2 Å². The standard InChI is InChI=1S/C13H11F2NO2/c1-17-9-3-2-4-10(7-9)18-12-6-8(14)5-11(15)13(12)16/h2-7H,16H2,1H3. The van der Waals surface area contributed by atoms with Gasteiger partial charge in [-0.25, -0.2) is 8.78 Å². The number of hydrogen-bond donors (Lipinski definition) is 1. The molecule has 2 aromatic carbocycles. The third-order valence-electron chi connectivity index (χ3n) is 2.33. The molecular formula is C13H11F2NO2. The highest BCUT2D eigenvalue weighted by Crippen LogP contribution is 2.31. The summed E-state index contributed by atoms with van der Waals surface area (Å²) in [4.78, 5) is 0. The normalized spacial score (nSPS) is 10.2. The zero-order chi connectivity index (χ0) is 13.1. The Morgan fingerprint density at radius 2 is 1.78 bits per heavy atom. The van der Waals surface area contributed by atoms with Gasteiger partial charge in [0.05, 0.1) is 7.11 Å². The number of ether oxygens (including phenoxy) is 2. The molecule has 0 aromatic heterocycles. The molecule has 0 heterocycles. The van der Waals surface area contributed by atoms with Gasteiger partial charge in [0.25, 0.3) is 0 Å². The number of nitrogen functional groups attached to an aromatic ring is 1. The van der Waals surface area contributed by atoms with Crippen molar-refractivity contribution in [2.75, 3.05) is 12.8 Å². The number of benzene rings is 2. The highest BCUT2D eigenvalue weighted by atomic mass is 19.1. The molecule has 0 fully saturated rings. The molecule has 0 spiro atoms. The van der Waals surface area contributed by atoms with Gasteiger partial charge < -0.3 is 15.2 Å². The molecule has 0 radical (unpaired) electrons. The van der Waals surface area contributed by atoms with Crippen LogP contribution in [0, 0.1) is 11.6 Å². The summed E-state index contributed by atoms with van der Waals surface area (Å²) < 4.78 is 36.6. The molecular weight excluding hydrogens is 240 g/mol. The maximum atomic E-state index is 13.2. The van der Waals surface area contributed by atoms with Crippen molar-refractivity contribution >= 4 is 5.69 Å². The van der Waals surface area contributed by atoms with E-state index in [1.54, 1.807) is 24.3 Å². The summed E-state index contributed by atoms with van der Waals surface area (Å²) >= 11 is 0. The maximum Gasteiger partial charge on any atom is 0.156 e. The van der Waals surface area contributed by atoms with E-state index in [0.29, 0.717) is 17.6 Å². The summed E-state index contributed by atoms with van der Waals surface area (Å²) in [5.41, 5.74) is 5.24. The lowest BCUT2D eigenvalue weighted by atomic mass is 10.2. The van der Waals surface area contributed by atoms with E-state index in [1.165, 1.54) is 7.11 Å². The first-order valence-corrected chi connectivity index (χ1v) is 5.16. The zero-order valence-electron chi connectivity index (χ0n) is 9.61. The highest BCUT2D eigenvalue weighted by molar-refractivity contribution is 5.55. The van der Waals surface area contributed by atoms with Crippen molar-refractivity contribution in [1.29, 1.82) is 0 Å². The summed E-state index contributed by atoms with van der Waals surface area (Å²) in [5.74, 6) is -0.720. The van der Waals surface area contributed by atoms with Gasteiger partial charge in [0.1, 0.15) is 23.0 Å². The molecule has 0 saturated heterocycles. The van der Waals surface area contributed by atoms with Crippen molar-refractivity contribution in [2.24, 2.45) is 0 Å². The first-order chi connectivity index (χ1) is 8.60. The van der Waals surface area contributed by atoms with Crippen LogP contribution >= 0.6 is 0 Å². The first-order valence-electron chi connectivity index (χ1n) is 5.16. The predicted molar refractivity (Wildman–Crippen MR) is 63.8 cm³/mol. The fraction of sp³-hybridized carbons (Fsp3) is 0.0769. The van der Waals surface area contributed by atoms with Crippen LogP contribution in [0.2, 0.25) is 0 Å². The Balaban J connectivity index is 2.33. The van der Waals surface area contributed by atoms with Crippen LogP contribution in [0.3, 0.4) is 0 Å². The fourth-order valence-corrected chi connectivity index (χ4v) is 1.44. The van der Waals surface area contributed by atoms with E-state index >= 15 is 0 Å². The molecule has 0 saturated carbocycles. The van der Waals surface area contributed by atoms with Gasteiger partial charge in [-0.05, 0) is 12.1 Å². The van der Waals surface area contributed by atoms with Gasteiger partial charge in [-0.1, -0.05) is 6.07 Å². The van der Waals surface area contributed by atoms with E-state index < -0.39 is 11.6 Å². The Labute approximate surface area is 103 Å². The Morgan fingerprint density at radius 3 is 2.50 bits per heavy atom. The van der Waals surface area contributed by atoms with Crippen molar-refractivity contribution in [1.82, 2.24) is 0 Å². The van der Waals surface area contributed by atoms with E-state index in [9.17, 15) is 8.78 Å². The Hall–Kier alpha value is -2.30. The largest absolute Gasteiger partial charge is 0.497 e. The van der Waals surface area contributed by atoms with Crippen molar-refractivity contribution in [2.45, 2.75) is 0 Å². The molecule has 3 nitrogen and oxygen atoms in total. The topological polar surface area (TPSA) is 44.5 Å². The van der Waals surface area contributed by atoms with Crippen molar-refractivity contribution in [3.8, 4) is 17.2 Å². The van der Waals surface area contributed by atoms with E-state index in [0.717, 1.165) is 6.07 Å². The van der Waals surface area contributed by atoms with Gasteiger partial charge >= 0.3 is 0 Å². The molecule has 0 aliphatic carbocycles. The predicted octanol–water partition coefficient (Wildman–Crippen LogP) is 3.35. The van der Waals surface area contributed by atoms with E-state index in [4.69, 9.17) is 15.2 Å². The van der Waals surface area contributed by atoms with Crippen molar-refractivity contribution in [3.63, 3.8) is 0 Å². The summed E-state index contributed by atoms with van der Waals surface area (Å²) in [7, 11) is 1.51. The van der Waals surface area contributed by atoms with Crippen molar-refractivity contribution < 1.29 is 18.3 Å². The van der Waals surface area contributed by atoms with Crippen molar-refractivity contribution in [3.05, 3.63) is 48.0 Å². The Morgan fingerprint density at radius 1 is 1.06 bits per heavy atom. The second kappa shape index (κ2) is 4.91. The quantitative estimate of drug-likeness (QED) is 0.851. The van der Waals surface area contributed by atoms with E-state index in [1.807, 2.05) is 0 Å². The van der Waals surface area contributed by atoms with E-state index in [2.05, 4.69) is 0 Å². The number of nitrogens with two attached hydrogens (primary N) is 1. The zero-order valence-corrected chi connectivity index (χ0v) is 9.61. The lowest BCUT2D eigenvalue weighted by molar-refractivity contribution is 0.408. The molecule has 0 aliphatic rings. The third kappa shape index (κ3) is 2.51. The smallest absolute Gasteiger partial charge is 0.156 e. The average molecular weight is 251 g/mol. The van der Waals surface area contributed by atoms with Crippen LogP contribution in [-0.2, 0) is 0 Å². The molecule has 0 aliphatic heterocycles. The molecule has 0 amide bonds. The summed E-state index contributed by atoms with van der Waals surface area (Å²) in [5, 5.41) is 0. The summed E-state index contributed by atoms with van der Waals surface area (Å²) in [6.45, 7) is 0. The SMILES string of the molecule is COc1cccc(Oc2cc(F)cc(F)c2N)c1. The fourth-order valence-electron chi connectivity index (χ4n) is 1.44. The van der Waals surface area contributed by atoms with Crippen LogP contribution in [0.25, 0.3) is 0 Å². The number of anilines is 1. The first kappa shape index (κ1) is 12.2. The molecule has 94 valence electrons. The van der Waals surface area contributed by atoms with E-state index in [-0.39, 0.29) is 11.4 Å². The van der Waals surface area contributed by atoms with Gasteiger partial charge in [0, 0.05) is 18.2 Å². The summed E-state index contributed by atoms with van der Waals surface area (Å²) in [6.07, 6.45) is 0. The lowest BCUT2D eigenvalue weighted by Crippen LogP contribution is -1.97.